The lowest BCUT2D eigenvalue weighted by Gasteiger charge is -2.28. The second-order valence-corrected chi connectivity index (χ2v) is 4.39. The van der Waals surface area contributed by atoms with Crippen LogP contribution in [0, 0.1) is 5.82 Å². The molecular formula is C13H17F4NO. The number of alkyl halides is 3. The molecule has 0 aliphatic rings. The van der Waals surface area contributed by atoms with Gasteiger partial charge < -0.3 is 10.0 Å². The van der Waals surface area contributed by atoms with E-state index in [4.69, 9.17) is 0 Å². The maximum Gasteiger partial charge on any atom is 0.405 e. The van der Waals surface area contributed by atoms with Gasteiger partial charge in [0, 0.05) is 12.1 Å². The van der Waals surface area contributed by atoms with Crippen LogP contribution in [0.25, 0.3) is 0 Å². The minimum Gasteiger partial charge on any atom is -0.389 e. The Labute approximate surface area is 109 Å². The molecule has 2 nitrogen and oxygen atoms in total. The summed E-state index contributed by atoms with van der Waals surface area (Å²) in [6.45, 7) is 1.95. The fraction of sp³-hybridized carbons (Fsp3) is 0.538. The van der Waals surface area contributed by atoms with Gasteiger partial charge in [0.05, 0.1) is 11.8 Å². The van der Waals surface area contributed by atoms with Crippen LogP contribution in [0.15, 0.2) is 18.2 Å². The lowest BCUT2D eigenvalue weighted by atomic mass is 10.1. The molecule has 0 fully saturated rings. The molecule has 1 aromatic rings. The first kappa shape index (κ1) is 15.8. The van der Waals surface area contributed by atoms with Crippen LogP contribution >= 0.6 is 0 Å². The number of halogens is 4. The van der Waals surface area contributed by atoms with Crippen LogP contribution in [0.2, 0.25) is 0 Å². The number of anilines is 1. The van der Waals surface area contributed by atoms with Crippen LogP contribution < -0.4 is 4.90 Å². The van der Waals surface area contributed by atoms with Crippen molar-refractivity contribution in [1.29, 1.82) is 0 Å². The number of nitrogens with zero attached hydrogens (tertiary/aromatic N) is 1. The van der Waals surface area contributed by atoms with Crippen molar-refractivity contribution in [3.05, 3.63) is 29.6 Å². The molecule has 0 saturated carbocycles. The summed E-state index contributed by atoms with van der Waals surface area (Å²) in [6, 6.07) is 3.90. The van der Waals surface area contributed by atoms with Gasteiger partial charge in [-0.3, -0.25) is 0 Å². The third-order valence-corrected chi connectivity index (χ3v) is 2.65. The molecule has 108 valence electrons. The van der Waals surface area contributed by atoms with Crippen molar-refractivity contribution in [3.8, 4) is 0 Å². The van der Waals surface area contributed by atoms with Gasteiger partial charge in [-0.05, 0) is 19.4 Å². The van der Waals surface area contributed by atoms with Crippen molar-refractivity contribution < 1.29 is 22.7 Å². The summed E-state index contributed by atoms with van der Waals surface area (Å²) in [5, 5.41) is 9.57. The molecule has 1 unspecified atom stereocenters. The first-order valence-electron chi connectivity index (χ1n) is 6.04. The molecule has 0 saturated heterocycles. The summed E-state index contributed by atoms with van der Waals surface area (Å²) in [5.74, 6) is -0.754. The second-order valence-electron chi connectivity index (χ2n) is 4.39. The van der Waals surface area contributed by atoms with Crippen molar-refractivity contribution in [2.45, 2.75) is 32.5 Å². The summed E-state index contributed by atoms with van der Waals surface area (Å²) >= 11 is 0. The normalized spacial score (nSPS) is 13.4. The summed E-state index contributed by atoms with van der Waals surface area (Å²) in [4.78, 5) is 0.928. The van der Waals surface area contributed by atoms with E-state index < -0.39 is 24.6 Å². The highest BCUT2D eigenvalue weighted by molar-refractivity contribution is 5.56. The van der Waals surface area contributed by atoms with E-state index in [0.717, 1.165) is 11.0 Å². The van der Waals surface area contributed by atoms with Gasteiger partial charge in [-0.15, -0.1) is 0 Å². The Morgan fingerprint density at radius 2 is 1.95 bits per heavy atom. The predicted molar refractivity (Wildman–Crippen MR) is 65.6 cm³/mol. The molecular weight excluding hydrogens is 262 g/mol. The van der Waals surface area contributed by atoms with E-state index in [-0.39, 0.29) is 17.8 Å². The standard InChI is InChI=1S/C13H17F4NO/c1-3-7-18(8-13(15,16)17)12-10(9(2)19)5-4-6-11(12)14/h4-6,9,19H,3,7-8H2,1-2H3. The molecule has 0 heterocycles. The Balaban J connectivity index is 3.21. The van der Waals surface area contributed by atoms with Gasteiger partial charge in [-0.2, -0.15) is 13.2 Å². The zero-order valence-corrected chi connectivity index (χ0v) is 10.8. The zero-order chi connectivity index (χ0) is 14.6. The van der Waals surface area contributed by atoms with E-state index in [0.29, 0.717) is 6.42 Å². The quantitative estimate of drug-likeness (QED) is 0.831. The minimum atomic E-state index is -4.42. The number of aliphatic hydroxyl groups is 1. The van der Waals surface area contributed by atoms with Gasteiger partial charge in [-0.1, -0.05) is 19.1 Å². The molecule has 0 aliphatic heterocycles. The topological polar surface area (TPSA) is 23.5 Å². The van der Waals surface area contributed by atoms with Gasteiger partial charge in [0.25, 0.3) is 0 Å². The molecule has 0 bridgehead atoms. The second kappa shape index (κ2) is 6.23. The molecule has 6 heteroatoms. The molecule has 0 aromatic heterocycles. The summed E-state index contributed by atoms with van der Waals surface area (Å²) < 4.78 is 51.5. The molecule has 19 heavy (non-hydrogen) atoms. The van der Waals surface area contributed by atoms with Crippen LogP contribution in [0.1, 0.15) is 31.9 Å². The van der Waals surface area contributed by atoms with Crippen LogP contribution in [0.3, 0.4) is 0 Å². The van der Waals surface area contributed by atoms with Crippen molar-refractivity contribution in [1.82, 2.24) is 0 Å². The minimum absolute atomic E-state index is 0.0696. The molecule has 0 amide bonds. The van der Waals surface area contributed by atoms with Crippen molar-refractivity contribution >= 4 is 5.69 Å². The molecule has 1 atom stereocenters. The van der Waals surface area contributed by atoms with E-state index >= 15 is 0 Å². The number of hydrogen-bond acceptors (Lipinski definition) is 2. The average Bonchev–Trinajstić information content (AvgIpc) is 2.26. The van der Waals surface area contributed by atoms with E-state index in [2.05, 4.69) is 0 Å². The third kappa shape index (κ3) is 4.38. The van der Waals surface area contributed by atoms with Crippen molar-refractivity contribution in [2.75, 3.05) is 18.0 Å². The smallest absolute Gasteiger partial charge is 0.389 e. The van der Waals surface area contributed by atoms with Crippen LogP contribution in [0.5, 0.6) is 0 Å². The average molecular weight is 279 g/mol. The Bertz CT molecular complexity index is 418. The van der Waals surface area contributed by atoms with E-state index in [1.54, 1.807) is 6.92 Å². The van der Waals surface area contributed by atoms with Crippen LogP contribution in [0.4, 0.5) is 23.2 Å². The maximum atomic E-state index is 13.8. The fourth-order valence-corrected chi connectivity index (χ4v) is 1.96. The first-order valence-corrected chi connectivity index (χ1v) is 6.04. The number of aliphatic hydroxyl groups excluding tert-OH is 1. The number of para-hydroxylation sites is 1. The number of hydrogen-bond donors (Lipinski definition) is 1. The van der Waals surface area contributed by atoms with Gasteiger partial charge in [0.15, 0.2) is 0 Å². The van der Waals surface area contributed by atoms with Crippen molar-refractivity contribution in [3.63, 3.8) is 0 Å². The highest BCUT2D eigenvalue weighted by atomic mass is 19.4. The fourth-order valence-electron chi connectivity index (χ4n) is 1.96. The molecule has 0 aliphatic carbocycles. The Hall–Kier alpha value is -1.30. The molecule has 1 aromatic carbocycles. The number of benzene rings is 1. The SMILES string of the molecule is CCCN(CC(F)(F)F)c1c(F)cccc1C(C)O. The monoisotopic (exact) mass is 279 g/mol. The summed E-state index contributed by atoms with van der Waals surface area (Å²) in [7, 11) is 0. The third-order valence-electron chi connectivity index (χ3n) is 2.65. The first-order chi connectivity index (χ1) is 8.76. The van der Waals surface area contributed by atoms with E-state index in [9.17, 15) is 22.7 Å². The predicted octanol–water partition coefficient (Wildman–Crippen LogP) is 3.66. The molecule has 1 N–H and O–H groups in total. The maximum absolute atomic E-state index is 13.8. The summed E-state index contributed by atoms with van der Waals surface area (Å²) in [6.07, 6.45) is -5.00. The highest BCUT2D eigenvalue weighted by Gasteiger charge is 2.32. The largest absolute Gasteiger partial charge is 0.405 e. The highest BCUT2D eigenvalue weighted by Crippen LogP contribution is 2.31. The zero-order valence-electron chi connectivity index (χ0n) is 10.8. The molecule has 1 rings (SSSR count). The van der Waals surface area contributed by atoms with Crippen LogP contribution in [-0.2, 0) is 0 Å². The lowest BCUT2D eigenvalue weighted by Crippen LogP contribution is -2.36. The van der Waals surface area contributed by atoms with E-state index in [1.807, 2.05) is 0 Å². The Morgan fingerprint density at radius 1 is 1.32 bits per heavy atom. The van der Waals surface area contributed by atoms with E-state index in [1.165, 1.54) is 19.1 Å². The Kier molecular flexibility index (Phi) is 5.17. The van der Waals surface area contributed by atoms with Gasteiger partial charge in [-0.25, -0.2) is 4.39 Å². The summed E-state index contributed by atoms with van der Waals surface area (Å²) in [5.41, 5.74) is -0.00521. The van der Waals surface area contributed by atoms with Gasteiger partial charge in [0.2, 0.25) is 0 Å². The van der Waals surface area contributed by atoms with Crippen molar-refractivity contribution in [2.24, 2.45) is 0 Å². The van der Waals surface area contributed by atoms with Crippen LogP contribution in [-0.4, -0.2) is 24.4 Å². The Morgan fingerprint density at radius 3 is 2.42 bits per heavy atom. The number of rotatable bonds is 5. The molecule has 0 radical (unpaired) electrons. The van der Waals surface area contributed by atoms with Gasteiger partial charge >= 0.3 is 6.18 Å². The van der Waals surface area contributed by atoms with Gasteiger partial charge in [0.1, 0.15) is 12.4 Å². The molecule has 0 spiro atoms. The lowest BCUT2D eigenvalue weighted by molar-refractivity contribution is -0.119.